The van der Waals surface area contributed by atoms with Crippen molar-refractivity contribution in [3.05, 3.63) is 102 Å². The van der Waals surface area contributed by atoms with Crippen molar-refractivity contribution >= 4 is 23.1 Å². The van der Waals surface area contributed by atoms with E-state index in [9.17, 15) is 26.5 Å². The van der Waals surface area contributed by atoms with E-state index in [1.54, 1.807) is 60.7 Å². The van der Waals surface area contributed by atoms with Crippen LogP contribution in [-0.2, 0) is 15.9 Å². The highest BCUT2D eigenvalue weighted by molar-refractivity contribution is 7.85. The molecule has 0 spiro atoms. The van der Waals surface area contributed by atoms with Crippen LogP contribution in [0.4, 0.5) is 22.0 Å². The van der Waals surface area contributed by atoms with Crippen LogP contribution < -0.4 is 15.9 Å². The fourth-order valence-corrected chi connectivity index (χ4v) is 6.76. The summed E-state index contributed by atoms with van der Waals surface area (Å²) in [6.07, 6.45) is -5.95. The Balaban J connectivity index is 2.02. The van der Waals surface area contributed by atoms with E-state index in [1.165, 1.54) is 24.3 Å². The largest absolute Gasteiger partial charge is 0.461 e. The van der Waals surface area contributed by atoms with Crippen molar-refractivity contribution in [1.82, 2.24) is 0 Å². The Hall–Kier alpha value is -3.18. The summed E-state index contributed by atoms with van der Waals surface area (Å²) in [4.78, 5) is 0. The molecule has 1 heterocycles. The maximum absolute atomic E-state index is 14.9. The van der Waals surface area contributed by atoms with Crippen LogP contribution in [0, 0.1) is 0 Å². The van der Waals surface area contributed by atoms with Crippen LogP contribution in [0.3, 0.4) is 0 Å². The van der Waals surface area contributed by atoms with Gasteiger partial charge in [-0.3, -0.25) is 0 Å². The molecule has 0 amide bonds. The summed E-state index contributed by atoms with van der Waals surface area (Å²) >= 11 is 0. The van der Waals surface area contributed by atoms with Crippen LogP contribution >= 0.6 is 7.14 Å². The van der Waals surface area contributed by atoms with E-state index in [2.05, 4.69) is 0 Å². The molecule has 0 aliphatic carbocycles. The van der Waals surface area contributed by atoms with E-state index >= 15 is 0 Å². The summed E-state index contributed by atoms with van der Waals surface area (Å²) in [5, 5.41) is -0.450. The molecule has 3 aromatic carbocycles. The fraction of sp³-hybridized carbons (Fsp3) is 0.214. The number of hydrogen-bond acceptors (Lipinski definition) is 2. The molecule has 0 bridgehead atoms. The molecule has 0 aliphatic heterocycles. The molecule has 188 valence electrons. The Morgan fingerprint density at radius 1 is 0.694 bits per heavy atom. The van der Waals surface area contributed by atoms with Crippen LogP contribution in [-0.4, -0.2) is 6.18 Å². The minimum Gasteiger partial charge on any atom is -0.453 e. The second-order valence-electron chi connectivity index (χ2n) is 9.50. The Kier molecular flexibility index (Phi) is 6.50. The highest BCUT2D eigenvalue weighted by atomic mass is 31.2. The Morgan fingerprint density at radius 2 is 1.17 bits per heavy atom. The second-order valence-corrected chi connectivity index (χ2v) is 12.2. The predicted molar refractivity (Wildman–Crippen MR) is 132 cm³/mol. The average Bonchev–Trinajstić information content (AvgIpc) is 3.30. The zero-order valence-electron chi connectivity index (χ0n) is 19.8. The summed E-state index contributed by atoms with van der Waals surface area (Å²) < 4.78 is 90.5. The van der Waals surface area contributed by atoms with Gasteiger partial charge in [0.05, 0.1) is 5.30 Å². The van der Waals surface area contributed by atoms with E-state index in [-0.39, 0.29) is 21.8 Å². The molecule has 0 saturated heterocycles. The third kappa shape index (κ3) is 4.53. The lowest BCUT2D eigenvalue weighted by molar-refractivity contribution is -0.295. The molecular weight excluding hydrogens is 494 g/mol. The van der Waals surface area contributed by atoms with Gasteiger partial charge in [0.2, 0.25) is 0 Å². The van der Waals surface area contributed by atoms with Crippen molar-refractivity contribution in [2.75, 3.05) is 0 Å². The Morgan fingerprint density at radius 3 is 1.58 bits per heavy atom. The van der Waals surface area contributed by atoms with E-state index in [4.69, 9.17) is 4.42 Å². The van der Waals surface area contributed by atoms with Gasteiger partial charge in [0.1, 0.15) is 5.76 Å². The van der Waals surface area contributed by atoms with E-state index < -0.39 is 30.3 Å². The fourth-order valence-electron chi connectivity index (χ4n) is 3.95. The van der Waals surface area contributed by atoms with Crippen molar-refractivity contribution in [1.29, 1.82) is 0 Å². The Labute approximate surface area is 206 Å². The van der Waals surface area contributed by atoms with Gasteiger partial charge in [-0.15, -0.1) is 0 Å². The monoisotopic (exact) mass is 518 g/mol. The zero-order chi connectivity index (χ0) is 26.4. The van der Waals surface area contributed by atoms with E-state index in [0.29, 0.717) is 5.56 Å². The lowest BCUT2D eigenvalue weighted by Gasteiger charge is -2.23. The molecule has 8 heteroatoms. The highest BCUT2D eigenvalue weighted by Crippen LogP contribution is 2.51. The van der Waals surface area contributed by atoms with Gasteiger partial charge in [-0.05, 0) is 17.0 Å². The average molecular weight is 518 g/mol. The summed E-state index contributed by atoms with van der Waals surface area (Å²) in [7, 11) is -4.19. The number of alkyl halides is 5. The molecule has 0 saturated carbocycles. The molecule has 0 atom stereocenters. The highest BCUT2D eigenvalue weighted by Gasteiger charge is 2.63. The van der Waals surface area contributed by atoms with Crippen LogP contribution in [0.5, 0.6) is 0 Å². The first-order valence-electron chi connectivity index (χ1n) is 11.2. The lowest BCUT2D eigenvalue weighted by atomic mass is 9.86. The van der Waals surface area contributed by atoms with E-state index in [0.717, 1.165) is 11.6 Å². The minimum atomic E-state index is -5.95. The van der Waals surface area contributed by atoms with Crippen LogP contribution in [0.15, 0.2) is 95.4 Å². The molecule has 0 radical (unpaired) electrons. The van der Waals surface area contributed by atoms with Gasteiger partial charge in [-0.25, -0.2) is 0 Å². The molecule has 0 aliphatic rings. The SMILES string of the molecule is CC(C)(C)c1ccc(-c2cc(P(=O)(c3ccccc3)c3ccccc3)c(C(F)(F)C(F)(F)F)o2)cc1. The molecule has 4 rings (SSSR count). The van der Waals surface area contributed by atoms with Crippen molar-refractivity contribution in [3.63, 3.8) is 0 Å². The summed E-state index contributed by atoms with van der Waals surface area (Å²) in [6.45, 7) is 5.97. The molecule has 36 heavy (non-hydrogen) atoms. The normalized spacial score (nSPS) is 13.1. The first-order chi connectivity index (χ1) is 16.8. The molecule has 4 aromatic rings. The summed E-state index contributed by atoms with van der Waals surface area (Å²) in [5.41, 5.74) is 1.04. The first kappa shape index (κ1) is 25.9. The van der Waals surface area contributed by atoms with Crippen molar-refractivity contribution in [2.24, 2.45) is 0 Å². The molecule has 1 aromatic heterocycles. The molecule has 0 N–H and O–H groups in total. The van der Waals surface area contributed by atoms with Crippen molar-refractivity contribution < 1.29 is 30.9 Å². The minimum absolute atomic E-state index is 0.117. The predicted octanol–water partition coefficient (Wildman–Crippen LogP) is 7.54. The maximum atomic E-state index is 14.9. The third-order valence-electron chi connectivity index (χ3n) is 5.97. The lowest BCUT2D eigenvalue weighted by Crippen LogP contribution is -2.38. The van der Waals surface area contributed by atoms with Crippen LogP contribution in [0.1, 0.15) is 32.1 Å². The van der Waals surface area contributed by atoms with Gasteiger partial charge in [-0.2, -0.15) is 22.0 Å². The molecule has 0 fully saturated rings. The van der Waals surface area contributed by atoms with Gasteiger partial charge in [0, 0.05) is 16.2 Å². The van der Waals surface area contributed by atoms with Crippen molar-refractivity contribution in [2.45, 2.75) is 38.3 Å². The van der Waals surface area contributed by atoms with E-state index in [1.807, 2.05) is 20.8 Å². The number of rotatable bonds is 5. The maximum Gasteiger partial charge on any atom is 0.461 e. The molecule has 0 unspecified atom stereocenters. The number of benzene rings is 3. The van der Waals surface area contributed by atoms with Gasteiger partial charge < -0.3 is 8.98 Å². The van der Waals surface area contributed by atoms with Crippen LogP contribution in [0.25, 0.3) is 11.3 Å². The smallest absolute Gasteiger partial charge is 0.453 e. The second kappa shape index (κ2) is 9.04. The standard InChI is InChI=1S/C28H24F5O2P/c1-26(2,3)20-16-14-19(15-17-20)23-18-24(25(35-23)27(29,30)28(31,32)33)36(34,21-10-6-4-7-11-21)22-12-8-5-9-13-22/h4-18H,1-3H3. The third-order valence-corrected chi connectivity index (χ3v) is 9.03. The van der Waals surface area contributed by atoms with Crippen molar-refractivity contribution in [3.8, 4) is 11.3 Å². The Bertz CT molecular complexity index is 1340. The quantitative estimate of drug-likeness (QED) is 0.202. The van der Waals surface area contributed by atoms with Gasteiger partial charge in [0.15, 0.2) is 12.9 Å². The topological polar surface area (TPSA) is 30.2 Å². The number of hydrogen-bond donors (Lipinski definition) is 0. The number of furan rings is 1. The zero-order valence-corrected chi connectivity index (χ0v) is 20.7. The molecule has 2 nitrogen and oxygen atoms in total. The van der Waals surface area contributed by atoms with Gasteiger partial charge >= 0.3 is 12.1 Å². The van der Waals surface area contributed by atoms with Gasteiger partial charge in [0.25, 0.3) is 0 Å². The summed E-state index contributed by atoms with van der Waals surface area (Å²) in [6, 6.07) is 23.1. The number of halogens is 5. The summed E-state index contributed by atoms with van der Waals surface area (Å²) in [5.74, 6) is -7.26. The first-order valence-corrected chi connectivity index (χ1v) is 12.9. The molecular formula is C28H24F5O2P. The van der Waals surface area contributed by atoms with Gasteiger partial charge in [-0.1, -0.05) is 106 Å². The van der Waals surface area contributed by atoms with Crippen LogP contribution in [0.2, 0.25) is 0 Å².